The first-order valence-corrected chi connectivity index (χ1v) is 12.3. The zero-order valence-corrected chi connectivity index (χ0v) is 19.8. The van der Waals surface area contributed by atoms with Gasteiger partial charge in [0.25, 0.3) is 0 Å². The Kier molecular flexibility index (Phi) is 8.18. The molecule has 4 N–H and O–H groups in total. The summed E-state index contributed by atoms with van der Waals surface area (Å²) in [4.78, 5) is 43.3. The number of piperidine rings is 1. The van der Waals surface area contributed by atoms with E-state index in [-0.39, 0.29) is 24.2 Å². The van der Waals surface area contributed by atoms with Crippen LogP contribution in [0.4, 0.5) is 0 Å². The second-order valence-electron chi connectivity index (χ2n) is 9.07. The lowest BCUT2D eigenvalue weighted by Crippen LogP contribution is -2.44. The number of benzene rings is 2. The normalized spacial score (nSPS) is 16.9. The van der Waals surface area contributed by atoms with Crippen LogP contribution in [-0.4, -0.2) is 66.5 Å². The second-order valence-corrected chi connectivity index (χ2v) is 9.07. The quantitative estimate of drug-likeness (QED) is 0.408. The Labute approximate surface area is 205 Å². The van der Waals surface area contributed by atoms with E-state index in [9.17, 15) is 19.5 Å². The molecule has 2 amide bonds. The van der Waals surface area contributed by atoms with Crippen molar-refractivity contribution in [1.82, 2.24) is 20.9 Å². The van der Waals surface area contributed by atoms with Crippen molar-refractivity contribution in [2.45, 2.75) is 38.1 Å². The van der Waals surface area contributed by atoms with Crippen molar-refractivity contribution in [1.29, 1.82) is 0 Å². The van der Waals surface area contributed by atoms with Crippen LogP contribution >= 0.6 is 0 Å². The van der Waals surface area contributed by atoms with Gasteiger partial charge in [-0.3, -0.25) is 19.4 Å². The van der Waals surface area contributed by atoms with Crippen molar-refractivity contribution in [3.63, 3.8) is 0 Å². The fraction of sp³-hybridized carbons (Fsp3) is 0.462. The third kappa shape index (κ3) is 6.49. The molecule has 35 heavy (non-hydrogen) atoms. The summed E-state index contributed by atoms with van der Waals surface area (Å²) in [6.45, 7) is 3.40. The molecule has 2 aliphatic rings. The largest absolute Gasteiger partial charge is 0.481 e. The number of amides is 2. The van der Waals surface area contributed by atoms with E-state index in [4.69, 9.17) is 0 Å². The highest BCUT2D eigenvalue weighted by molar-refractivity contribution is 5.88. The predicted octanol–water partition coefficient (Wildman–Crippen LogP) is 2.04. The maximum absolute atomic E-state index is 13.1. The molecule has 1 unspecified atom stereocenters. The van der Waals surface area contributed by atoms with Gasteiger partial charge in [0.05, 0.1) is 19.0 Å². The van der Waals surface area contributed by atoms with Crippen LogP contribution in [0.2, 0.25) is 0 Å². The first-order valence-electron chi connectivity index (χ1n) is 12.3. The predicted molar refractivity (Wildman–Crippen MR) is 134 cm³/mol. The summed E-state index contributed by atoms with van der Waals surface area (Å²) in [5.41, 5.74) is 0.804. The molecule has 9 nitrogen and oxygen atoms in total. The first kappa shape index (κ1) is 24.5. The fourth-order valence-corrected chi connectivity index (χ4v) is 4.77. The van der Waals surface area contributed by atoms with Crippen molar-refractivity contribution < 1.29 is 19.5 Å². The molecule has 0 aromatic heterocycles. The summed E-state index contributed by atoms with van der Waals surface area (Å²) in [6.07, 6.45) is 2.14. The number of carbonyl (C=O) groups excluding carboxylic acids is 2. The van der Waals surface area contributed by atoms with Crippen LogP contribution in [0.5, 0.6) is 0 Å². The minimum Gasteiger partial charge on any atom is -0.481 e. The molecule has 0 radical (unpaired) electrons. The molecule has 0 bridgehead atoms. The van der Waals surface area contributed by atoms with Crippen molar-refractivity contribution in [2.75, 3.05) is 32.7 Å². The number of aliphatic imine (C=N–C) groups is 1. The molecule has 2 aromatic carbocycles. The Morgan fingerprint density at radius 1 is 1.11 bits per heavy atom. The van der Waals surface area contributed by atoms with Crippen LogP contribution in [0.15, 0.2) is 47.5 Å². The molecule has 0 spiro atoms. The molecule has 186 valence electrons. The van der Waals surface area contributed by atoms with Gasteiger partial charge in [0.1, 0.15) is 0 Å². The highest BCUT2D eigenvalue weighted by atomic mass is 16.4. The van der Waals surface area contributed by atoms with E-state index in [0.717, 1.165) is 41.8 Å². The van der Waals surface area contributed by atoms with E-state index in [1.54, 1.807) is 0 Å². The average molecular weight is 480 g/mol. The number of carboxylic acid groups (broad SMARTS) is 1. The third-order valence-electron chi connectivity index (χ3n) is 6.65. The van der Waals surface area contributed by atoms with Gasteiger partial charge in [0.15, 0.2) is 5.96 Å². The molecule has 0 saturated carbocycles. The molecular formula is C26H33N5O4. The maximum Gasteiger partial charge on any atom is 0.305 e. The number of likely N-dealkylation sites (tertiary alicyclic amines) is 1. The van der Waals surface area contributed by atoms with Gasteiger partial charge in [-0.05, 0) is 35.6 Å². The molecule has 9 heteroatoms. The summed E-state index contributed by atoms with van der Waals surface area (Å²) in [6, 6.07) is 12.9. The highest BCUT2D eigenvalue weighted by Gasteiger charge is 2.29. The lowest BCUT2D eigenvalue weighted by Gasteiger charge is -2.32. The van der Waals surface area contributed by atoms with Crippen molar-refractivity contribution >= 4 is 34.5 Å². The topological polar surface area (TPSA) is 123 Å². The molecule has 2 aromatic rings. The van der Waals surface area contributed by atoms with Gasteiger partial charge in [-0.25, -0.2) is 0 Å². The van der Waals surface area contributed by atoms with Crippen LogP contribution in [0, 0.1) is 5.92 Å². The van der Waals surface area contributed by atoms with E-state index >= 15 is 0 Å². The molecule has 1 atom stereocenters. The Morgan fingerprint density at radius 2 is 1.89 bits per heavy atom. The molecule has 1 saturated heterocycles. The molecule has 4 rings (SSSR count). The SMILES string of the molecule is O=C(O)CC(NC(=O)C1CCN(C(=O)CCCNC2=NCCN2)CC1)c1cccc2ccccc12. The zero-order valence-electron chi connectivity index (χ0n) is 19.8. The maximum atomic E-state index is 13.1. The second kappa shape index (κ2) is 11.7. The number of hydrogen-bond donors (Lipinski definition) is 4. The number of hydrogen-bond acceptors (Lipinski definition) is 6. The van der Waals surface area contributed by atoms with E-state index < -0.39 is 12.0 Å². The lowest BCUT2D eigenvalue weighted by molar-refractivity contribution is -0.139. The Morgan fingerprint density at radius 3 is 2.63 bits per heavy atom. The van der Waals surface area contributed by atoms with Gasteiger partial charge in [0.2, 0.25) is 11.8 Å². The number of carbonyl (C=O) groups is 3. The van der Waals surface area contributed by atoms with Gasteiger partial charge in [0, 0.05) is 38.5 Å². The van der Waals surface area contributed by atoms with Gasteiger partial charge < -0.3 is 26.0 Å². The fourth-order valence-electron chi connectivity index (χ4n) is 4.77. The Hall–Kier alpha value is -3.62. The summed E-state index contributed by atoms with van der Waals surface area (Å²) in [5, 5.41) is 20.7. The van der Waals surface area contributed by atoms with Crippen molar-refractivity contribution in [3.05, 3.63) is 48.0 Å². The molecule has 2 aliphatic heterocycles. The number of fused-ring (bicyclic) bond motifs is 1. The van der Waals surface area contributed by atoms with Crippen LogP contribution in [0.25, 0.3) is 10.8 Å². The zero-order chi connectivity index (χ0) is 24.6. The summed E-state index contributed by atoms with van der Waals surface area (Å²) in [5.74, 6) is -0.446. The molecule has 2 heterocycles. The van der Waals surface area contributed by atoms with Gasteiger partial charge >= 0.3 is 5.97 Å². The monoisotopic (exact) mass is 479 g/mol. The Balaban J connectivity index is 1.28. The molecule has 1 fully saturated rings. The lowest BCUT2D eigenvalue weighted by atomic mass is 9.93. The van der Waals surface area contributed by atoms with Crippen LogP contribution < -0.4 is 16.0 Å². The minimum absolute atomic E-state index is 0.103. The van der Waals surface area contributed by atoms with E-state index in [2.05, 4.69) is 20.9 Å². The standard InChI is InChI=1S/C26H33N5O4/c32-23(9-4-12-27-26-28-13-14-29-26)31-15-10-19(11-16-31)25(35)30-22(17-24(33)34)21-8-3-6-18-5-1-2-7-20(18)21/h1-3,5-8,19,22H,4,9-17H2,(H,30,35)(H,33,34)(H2,27,28,29). The highest BCUT2D eigenvalue weighted by Crippen LogP contribution is 2.28. The number of rotatable bonds is 9. The average Bonchev–Trinajstić information content (AvgIpc) is 3.39. The smallest absolute Gasteiger partial charge is 0.305 e. The van der Waals surface area contributed by atoms with Gasteiger partial charge in [-0.2, -0.15) is 0 Å². The summed E-state index contributed by atoms with van der Waals surface area (Å²) in [7, 11) is 0. The number of nitrogens with zero attached hydrogens (tertiary/aromatic N) is 2. The first-order chi connectivity index (χ1) is 17.0. The van der Waals surface area contributed by atoms with Crippen molar-refractivity contribution in [2.24, 2.45) is 10.9 Å². The summed E-state index contributed by atoms with van der Waals surface area (Å²) < 4.78 is 0. The van der Waals surface area contributed by atoms with E-state index in [1.807, 2.05) is 47.4 Å². The van der Waals surface area contributed by atoms with E-state index in [1.165, 1.54) is 0 Å². The van der Waals surface area contributed by atoms with E-state index in [0.29, 0.717) is 38.9 Å². The number of guanidine groups is 1. The molecular weight excluding hydrogens is 446 g/mol. The van der Waals surface area contributed by atoms with Crippen LogP contribution in [-0.2, 0) is 14.4 Å². The minimum atomic E-state index is -0.964. The Bertz CT molecular complexity index is 1090. The summed E-state index contributed by atoms with van der Waals surface area (Å²) >= 11 is 0. The number of aliphatic carboxylic acids is 1. The van der Waals surface area contributed by atoms with Crippen LogP contribution in [0.1, 0.15) is 43.7 Å². The van der Waals surface area contributed by atoms with Crippen LogP contribution in [0.3, 0.4) is 0 Å². The van der Waals surface area contributed by atoms with Crippen molar-refractivity contribution in [3.8, 4) is 0 Å². The van der Waals surface area contributed by atoms with Gasteiger partial charge in [-0.1, -0.05) is 42.5 Å². The van der Waals surface area contributed by atoms with Gasteiger partial charge in [-0.15, -0.1) is 0 Å². The number of nitrogens with one attached hydrogen (secondary N) is 3. The molecule has 0 aliphatic carbocycles. The number of carboxylic acids is 1. The third-order valence-corrected chi connectivity index (χ3v) is 6.65.